The first-order valence-electron chi connectivity index (χ1n) is 4.88. The van der Waals surface area contributed by atoms with E-state index in [1.807, 2.05) is 5.38 Å². The Morgan fingerprint density at radius 3 is 2.86 bits per heavy atom. The second-order valence-electron chi connectivity index (χ2n) is 3.65. The highest BCUT2D eigenvalue weighted by atomic mass is 35.5. The number of anilines is 1. The minimum atomic E-state index is 0.508. The molecule has 0 N–H and O–H groups in total. The van der Waals surface area contributed by atoms with Gasteiger partial charge in [0.25, 0.3) is 0 Å². The van der Waals surface area contributed by atoms with Gasteiger partial charge in [-0.05, 0) is 5.92 Å². The maximum atomic E-state index is 5.70. The predicted molar refractivity (Wildman–Crippen MR) is 64.4 cm³/mol. The van der Waals surface area contributed by atoms with Gasteiger partial charge in [0.05, 0.1) is 11.6 Å². The first-order chi connectivity index (χ1) is 6.67. The Morgan fingerprint density at radius 2 is 2.36 bits per heavy atom. The van der Waals surface area contributed by atoms with E-state index in [1.54, 1.807) is 11.3 Å². The number of halogens is 1. The second kappa shape index (κ2) is 5.56. The van der Waals surface area contributed by atoms with Crippen LogP contribution in [0.4, 0.5) is 5.13 Å². The van der Waals surface area contributed by atoms with Gasteiger partial charge in [0.15, 0.2) is 5.13 Å². The molecule has 1 aromatic rings. The van der Waals surface area contributed by atoms with E-state index in [1.165, 1.54) is 6.42 Å². The van der Waals surface area contributed by atoms with Crippen molar-refractivity contribution in [1.29, 1.82) is 0 Å². The highest BCUT2D eigenvalue weighted by molar-refractivity contribution is 7.13. The highest BCUT2D eigenvalue weighted by Crippen LogP contribution is 2.21. The predicted octanol–water partition coefficient (Wildman–Crippen LogP) is 3.36. The molecule has 0 bridgehead atoms. The molecule has 0 saturated heterocycles. The largest absolute Gasteiger partial charge is 0.351 e. The molecule has 0 amide bonds. The van der Waals surface area contributed by atoms with E-state index in [0.29, 0.717) is 11.8 Å². The van der Waals surface area contributed by atoms with E-state index in [9.17, 15) is 0 Å². The molecule has 80 valence electrons. The SMILES string of the molecule is CCC(C)CN(C)c1nc(CCl)cs1. The quantitative estimate of drug-likeness (QED) is 0.724. The molecule has 0 aromatic carbocycles. The lowest BCUT2D eigenvalue weighted by Crippen LogP contribution is -2.23. The molecule has 1 heterocycles. The number of rotatable bonds is 5. The third-order valence-corrected chi connectivity index (χ3v) is 3.56. The van der Waals surface area contributed by atoms with Crippen LogP contribution in [0.1, 0.15) is 26.0 Å². The molecule has 0 fully saturated rings. The Hall–Kier alpha value is -0.280. The fourth-order valence-corrected chi connectivity index (χ4v) is 2.24. The number of nitrogens with zero attached hydrogens (tertiary/aromatic N) is 2. The summed E-state index contributed by atoms with van der Waals surface area (Å²) in [7, 11) is 2.09. The lowest BCUT2D eigenvalue weighted by Gasteiger charge is -2.19. The lowest BCUT2D eigenvalue weighted by molar-refractivity contribution is 0.559. The third kappa shape index (κ3) is 3.14. The summed E-state index contributed by atoms with van der Waals surface area (Å²) >= 11 is 7.37. The molecule has 1 unspecified atom stereocenters. The maximum Gasteiger partial charge on any atom is 0.185 e. The van der Waals surface area contributed by atoms with Gasteiger partial charge in [-0.25, -0.2) is 4.98 Å². The van der Waals surface area contributed by atoms with Crippen LogP contribution in [0.2, 0.25) is 0 Å². The molecule has 1 atom stereocenters. The Balaban J connectivity index is 2.55. The Bertz CT molecular complexity index is 275. The van der Waals surface area contributed by atoms with Crippen LogP contribution in [-0.2, 0) is 5.88 Å². The van der Waals surface area contributed by atoms with Crippen molar-refractivity contribution in [1.82, 2.24) is 4.98 Å². The Morgan fingerprint density at radius 1 is 1.64 bits per heavy atom. The molecule has 0 aliphatic heterocycles. The molecule has 14 heavy (non-hydrogen) atoms. The molecule has 2 nitrogen and oxygen atoms in total. The van der Waals surface area contributed by atoms with Gasteiger partial charge in [0.2, 0.25) is 0 Å². The zero-order valence-corrected chi connectivity index (χ0v) is 10.5. The number of thiazole rings is 1. The fraction of sp³-hybridized carbons (Fsp3) is 0.700. The first kappa shape index (κ1) is 11.8. The van der Waals surface area contributed by atoms with Crippen LogP contribution >= 0.6 is 22.9 Å². The van der Waals surface area contributed by atoms with Crippen molar-refractivity contribution < 1.29 is 0 Å². The van der Waals surface area contributed by atoms with Gasteiger partial charge in [0, 0.05) is 19.0 Å². The second-order valence-corrected chi connectivity index (χ2v) is 4.75. The monoisotopic (exact) mass is 232 g/mol. The molecular formula is C10H17ClN2S. The standard InChI is InChI=1S/C10H17ClN2S/c1-4-8(2)6-13(3)10-12-9(5-11)7-14-10/h7-8H,4-6H2,1-3H3. The van der Waals surface area contributed by atoms with Crippen molar-refractivity contribution in [3.8, 4) is 0 Å². The van der Waals surface area contributed by atoms with Gasteiger partial charge < -0.3 is 4.90 Å². The molecule has 0 aliphatic carbocycles. The number of hydrogen-bond acceptors (Lipinski definition) is 3. The average Bonchev–Trinajstić information content (AvgIpc) is 2.65. The zero-order chi connectivity index (χ0) is 10.6. The van der Waals surface area contributed by atoms with E-state index < -0.39 is 0 Å². The summed E-state index contributed by atoms with van der Waals surface area (Å²) in [5.41, 5.74) is 0.975. The number of aromatic nitrogens is 1. The smallest absolute Gasteiger partial charge is 0.185 e. The van der Waals surface area contributed by atoms with Crippen molar-refractivity contribution in [2.24, 2.45) is 5.92 Å². The van der Waals surface area contributed by atoms with Crippen LogP contribution in [0, 0.1) is 5.92 Å². The average molecular weight is 233 g/mol. The normalized spacial score (nSPS) is 12.9. The highest BCUT2D eigenvalue weighted by Gasteiger charge is 2.09. The van der Waals surface area contributed by atoms with Crippen molar-refractivity contribution >= 4 is 28.1 Å². The molecule has 1 aromatic heterocycles. The first-order valence-corrected chi connectivity index (χ1v) is 6.30. The number of alkyl halides is 1. The van der Waals surface area contributed by atoms with Gasteiger partial charge in [-0.2, -0.15) is 0 Å². The molecule has 0 spiro atoms. The van der Waals surface area contributed by atoms with Crippen molar-refractivity contribution in [3.63, 3.8) is 0 Å². The van der Waals surface area contributed by atoms with Crippen molar-refractivity contribution in [3.05, 3.63) is 11.1 Å². The summed E-state index contributed by atoms with van der Waals surface area (Å²) in [6.07, 6.45) is 1.21. The minimum Gasteiger partial charge on any atom is -0.351 e. The summed E-state index contributed by atoms with van der Waals surface area (Å²) in [6, 6.07) is 0. The Kier molecular flexibility index (Phi) is 4.69. The molecule has 0 saturated carbocycles. The summed E-state index contributed by atoms with van der Waals surface area (Å²) in [6.45, 7) is 5.53. The van der Waals surface area contributed by atoms with E-state index in [4.69, 9.17) is 11.6 Å². The van der Waals surface area contributed by atoms with E-state index in [0.717, 1.165) is 17.4 Å². The van der Waals surface area contributed by atoms with Crippen molar-refractivity contribution in [2.45, 2.75) is 26.1 Å². The van der Waals surface area contributed by atoms with Gasteiger partial charge in [0.1, 0.15) is 0 Å². The van der Waals surface area contributed by atoms with Gasteiger partial charge in [-0.3, -0.25) is 0 Å². The Labute approximate surface area is 94.9 Å². The number of hydrogen-bond donors (Lipinski definition) is 0. The van der Waals surface area contributed by atoms with Crippen LogP contribution in [0.5, 0.6) is 0 Å². The molecular weight excluding hydrogens is 216 g/mol. The van der Waals surface area contributed by atoms with Crippen molar-refractivity contribution in [2.75, 3.05) is 18.5 Å². The van der Waals surface area contributed by atoms with E-state index in [2.05, 4.69) is 30.8 Å². The fourth-order valence-electron chi connectivity index (χ4n) is 1.21. The van der Waals surface area contributed by atoms with Gasteiger partial charge in [-0.1, -0.05) is 20.3 Å². The van der Waals surface area contributed by atoms with Crippen LogP contribution in [0.25, 0.3) is 0 Å². The van der Waals surface area contributed by atoms with Crippen LogP contribution in [0.15, 0.2) is 5.38 Å². The van der Waals surface area contributed by atoms with E-state index >= 15 is 0 Å². The summed E-state index contributed by atoms with van der Waals surface area (Å²) in [5, 5.41) is 3.09. The summed E-state index contributed by atoms with van der Waals surface area (Å²) in [5.74, 6) is 1.22. The maximum absolute atomic E-state index is 5.70. The molecule has 0 radical (unpaired) electrons. The molecule has 4 heteroatoms. The minimum absolute atomic E-state index is 0.508. The van der Waals surface area contributed by atoms with Crippen LogP contribution < -0.4 is 4.90 Å². The van der Waals surface area contributed by atoms with Crippen LogP contribution in [-0.4, -0.2) is 18.6 Å². The summed E-state index contributed by atoms with van der Waals surface area (Å²) in [4.78, 5) is 6.63. The zero-order valence-electron chi connectivity index (χ0n) is 8.96. The molecule has 1 rings (SSSR count). The lowest BCUT2D eigenvalue weighted by atomic mass is 10.1. The molecule has 0 aliphatic rings. The van der Waals surface area contributed by atoms with Crippen LogP contribution in [0.3, 0.4) is 0 Å². The van der Waals surface area contributed by atoms with Gasteiger partial charge >= 0.3 is 0 Å². The topological polar surface area (TPSA) is 16.1 Å². The van der Waals surface area contributed by atoms with Gasteiger partial charge in [-0.15, -0.1) is 22.9 Å². The third-order valence-electron chi connectivity index (χ3n) is 2.29. The summed E-state index contributed by atoms with van der Waals surface area (Å²) < 4.78 is 0. The van der Waals surface area contributed by atoms with E-state index in [-0.39, 0.29) is 0 Å².